The van der Waals surface area contributed by atoms with Crippen molar-refractivity contribution in [3.05, 3.63) is 157 Å². The summed E-state index contributed by atoms with van der Waals surface area (Å²) in [7, 11) is 0. The zero-order chi connectivity index (χ0) is 32.6. The molecule has 3 heterocycles. The van der Waals surface area contributed by atoms with Gasteiger partial charge in [-0.1, -0.05) is 84.9 Å². The third-order valence-electron chi connectivity index (χ3n) is 9.81. The highest BCUT2D eigenvalue weighted by Gasteiger charge is 2.23. The van der Waals surface area contributed by atoms with Gasteiger partial charge >= 0.3 is 0 Å². The van der Waals surface area contributed by atoms with Crippen molar-refractivity contribution < 1.29 is 4.42 Å². The van der Waals surface area contributed by atoms with Gasteiger partial charge in [-0.2, -0.15) is 10.5 Å². The summed E-state index contributed by atoms with van der Waals surface area (Å²) >= 11 is 0. The molecule has 5 nitrogen and oxygen atoms in total. The van der Waals surface area contributed by atoms with Crippen LogP contribution in [0.15, 0.2) is 150 Å². The number of hydrogen-bond donors (Lipinski definition) is 0. The molecule has 0 aliphatic rings. The highest BCUT2D eigenvalue weighted by Crippen LogP contribution is 2.43. The minimum absolute atomic E-state index is 0.527. The Labute approximate surface area is 280 Å². The van der Waals surface area contributed by atoms with Crippen molar-refractivity contribution in [3.8, 4) is 34.6 Å². The molecule has 0 aliphatic carbocycles. The Hall–Kier alpha value is -7.08. The van der Waals surface area contributed by atoms with Gasteiger partial charge in [0.2, 0.25) is 0 Å². The van der Waals surface area contributed by atoms with E-state index in [0.717, 1.165) is 88.1 Å². The second-order valence-electron chi connectivity index (χ2n) is 12.3. The summed E-state index contributed by atoms with van der Waals surface area (Å²) in [5.74, 6) is 0. The third kappa shape index (κ3) is 3.73. The first-order valence-corrected chi connectivity index (χ1v) is 16.1. The minimum atomic E-state index is 0.527. The first-order chi connectivity index (χ1) is 24.2. The van der Waals surface area contributed by atoms with Crippen molar-refractivity contribution in [1.29, 1.82) is 10.5 Å². The van der Waals surface area contributed by atoms with Gasteiger partial charge in [0, 0.05) is 43.4 Å². The van der Waals surface area contributed by atoms with Gasteiger partial charge in [-0.05, 0) is 60.7 Å². The van der Waals surface area contributed by atoms with Gasteiger partial charge in [-0.3, -0.25) is 0 Å². The largest absolute Gasteiger partial charge is 0.456 e. The Morgan fingerprint density at radius 1 is 0.429 bits per heavy atom. The smallest absolute Gasteiger partial charge is 0.136 e. The van der Waals surface area contributed by atoms with E-state index in [1.54, 1.807) is 0 Å². The lowest BCUT2D eigenvalue weighted by Gasteiger charge is -2.18. The Morgan fingerprint density at radius 2 is 1.06 bits per heavy atom. The third-order valence-corrected chi connectivity index (χ3v) is 9.81. The molecule has 226 valence electrons. The predicted molar refractivity (Wildman–Crippen MR) is 197 cm³/mol. The van der Waals surface area contributed by atoms with Crippen LogP contribution >= 0.6 is 0 Å². The van der Waals surface area contributed by atoms with Crippen LogP contribution in [-0.4, -0.2) is 9.13 Å². The number of hydrogen-bond acceptors (Lipinski definition) is 3. The summed E-state index contributed by atoms with van der Waals surface area (Å²) in [6.07, 6.45) is 0. The van der Waals surface area contributed by atoms with Crippen LogP contribution in [0.2, 0.25) is 0 Å². The zero-order valence-corrected chi connectivity index (χ0v) is 26.1. The molecule has 5 heteroatoms. The standard InChI is InChI=1S/C44H24N4O/c45-25-27-20-21-39(47-35-15-5-1-10-29(35)30-11-2-6-16-36(30)47)33(24-27)28-14-9-18-38(34(28)26-46)48-37-17-7-3-12-31(37)43-40(48)22-23-42-44(43)32-13-4-8-19-41(32)49-42/h1-24H. The van der Waals surface area contributed by atoms with Gasteiger partial charge in [0.25, 0.3) is 0 Å². The maximum atomic E-state index is 11.0. The van der Waals surface area contributed by atoms with E-state index in [-0.39, 0.29) is 0 Å². The summed E-state index contributed by atoms with van der Waals surface area (Å²) in [5.41, 5.74) is 10.1. The molecule has 0 amide bonds. The van der Waals surface area contributed by atoms with Crippen molar-refractivity contribution in [2.45, 2.75) is 0 Å². The SMILES string of the molecule is N#Cc1ccc(-n2c3ccccc3c3ccccc32)c(-c2cccc(-n3c4ccccc4c4c5c(ccc43)oc3ccccc35)c2C#N)c1. The monoisotopic (exact) mass is 624 g/mol. The van der Waals surface area contributed by atoms with Crippen LogP contribution in [0.25, 0.3) is 88.1 Å². The fourth-order valence-electron chi connectivity index (χ4n) is 7.80. The topological polar surface area (TPSA) is 70.6 Å². The number of nitriles is 2. The molecule has 7 aromatic carbocycles. The van der Waals surface area contributed by atoms with Crippen LogP contribution in [0.3, 0.4) is 0 Å². The molecule has 49 heavy (non-hydrogen) atoms. The van der Waals surface area contributed by atoms with Crippen molar-refractivity contribution in [1.82, 2.24) is 9.13 Å². The maximum absolute atomic E-state index is 11.0. The van der Waals surface area contributed by atoms with E-state index < -0.39 is 0 Å². The second kappa shape index (κ2) is 10.2. The number of fused-ring (bicyclic) bond motifs is 10. The number of aromatic nitrogens is 2. The van der Waals surface area contributed by atoms with Crippen LogP contribution in [0.5, 0.6) is 0 Å². The molecular formula is C44H24N4O. The van der Waals surface area contributed by atoms with Gasteiger partial charge in [0.1, 0.15) is 17.2 Å². The van der Waals surface area contributed by atoms with Crippen molar-refractivity contribution >= 4 is 65.6 Å². The molecule has 0 spiro atoms. The van der Waals surface area contributed by atoms with Gasteiger partial charge in [-0.15, -0.1) is 0 Å². The molecule has 3 aromatic heterocycles. The first kappa shape index (κ1) is 27.1. The normalized spacial score (nSPS) is 11.6. The molecule has 0 atom stereocenters. The molecule has 0 unspecified atom stereocenters. The fraction of sp³-hybridized carbons (Fsp3) is 0. The minimum Gasteiger partial charge on any atom is -0.456 e. The van der Waals surface area contributed by atoms with E-state index in [1.807, 2.05) is 78.9 Å². The van der Waals surface area contributed by atoms with Crippen molar-refractivity contribution in [2.24, 2.45) is 0 Å². The Kier molecular flexibility index (Phi) is 5.64. The van der Waals surface area contributed by atoms with Crippen LogP contribution in [0.4, 0.5) is 0 Å². The summed E-state index contributed by atoms with van der Waals surface area (Å²) in [5, 5.41) is 27.7. The Bertz CT molecular complexity index is 3030. The molecule has 0 bridgehead atoms. The van der Waals surface area contributed by atoms with Gasteiger partial charge in [0.15, 0.2) is 0 Å². The highest BCUT2D eigenvalue weighted by molar-refractivity contribution is 6.27. The number of rotatable bonds is 3. The summed E-state index contributed by atoms with van der Waals surface area (Å²) in [6.45, 7) is 0. The zero-order valence-electron chi connectivity index (χ0n) is 26.1. The average molecular weight is 625 g/mol. The molecule has 0 saturated carbocycles. The van der Waals surface area contributed by atoms with Gasteiger partial charge in [-0.25, -0.2) is 0 Å². The van der Waals surface area contributed by atoms with E-state index in [1.165, 1.54) is 0 Å². The first-order valence-electron chi connectivity index (χ1n) is 16.1. The number of furan rings is 1. The van der Waals surface area contributed by atoms with Crippen LogP contribution < -0.4 is 0 Å². The Morgan fingerprint density at radius 3 is 1.78 bits per heavy atom. The van der Waals surface area contributed by atoms with E-state index in [2.05, 4.69) is 88.0 Å². The fourth-order valence-corrected chi connectivity index (χ4v) is 7.80. The van der Waals surface area contributed by atoms with Crippen LogP contribution in [-0.2, 0) is 0 Å². The van der Waals surface area contributed by atoms with E-state index >= 15 is 0 Å². The Balaban J connectivity index is 1.30. The predicted octanol–water partition coefficient (Wildman–Crippen LogP) is 11.2. The number of benzene rings is 7. The van der Waals surface area contributed by atoms with Crippen LogP contribution in [0.1, 0.15) is 11.1 Å². The van der Waals surface area contributed by atoms with E-state index in [9.17, 15) is 10.5 Å². The van der Waals surface area contributed by atoms with Gasteiger partial charge in [0.05, 0.1) is 50.6 Å². The molecule has 0 fully saturated rings. The van der Waals surface area contributed by atoms with Crippen molar-refractivity contribution in [3.63, 3.8) is 0 Å². The van der Waals surface area contributed by atoms with E-state index in [4.69, 9.17) is 4.42 Å². The highest BCUT2D eigenvalue weighted by atomic mass is 16.3. The van der Waals surface area contributed by atoms with Crippen LogP contribution in [0, 0.1) is 22.7 Å². The second-order valence-corrected chi connectivity index (χ2v) is 12.3. The van der Waals surface area contributed by atoms with Crippen molar-refractivity contribution in [2.75, 3.05) is 0 Å². The van der Waals surface area contributed by atoms with E-state index in [0.29, 0.717) is 11.1 Å². The summed E-state index contributed by atoms with van der Waals surface area (Å²) in [4.78, 5) is 0. The molecule has 10 aromatic rings. The lowest BCUT2D eigenvalue weighted by Crippen LogP contribution is -2.02. The summed E-state index contributed by atoms with van der Waals surface area (Å²) < 4.78 is 10.7. The molecule has 0 radical (unpaired) electrons. The summed E-state index contributed by atoms with van der Waals surface area (Å²) in [6, 6.07) is 54.0. The lowest BCUT2D eigenvalue weighted by atomic mass is 9.95. The maximum Gasteiger partial charge on any atom is 0.136 e. The molecular weight excluding hydrogens is 601 g/mol. The average Bonchev–Trinajstić information content (AvgIpc) is 3.82. The lowest BCUT2D eigenvalue weighted by molar-refractivity contribution is 0.669. The molecule has 0 saturated heterocycles. The molecule has 0 aliphatic heterocycles. The van der Waals surface area contributed by atoms with Gasteiger partial charge < -0.3 is 13.6 Å². The molecule has 10 rings (SSSR count). The number of para-hydroxylation sites is 4. The molecule has 0 N–H and O–H groups in total. The quantitative estimate of drug-likeness (QED) is 0.196. The number of nitrogens with zero attached hydrogens (tertiary/aromatic N) is 4.